The van der Waals surface area contributed by atoms with Crippen molar-refractivity contribution in [1.29, 1.82) is 0 Å². The first-order valence-corrected chi connectivity index (χ1v) is 4.52. The van der Waals surface area contributed by atoms with E-state index in [1.54, 1.807) is 0 Å². The predicted molar refractivity (Wildman–Crippen MR) is 52.0 cm³/mol. The number of hydrogen-bond acceptors (Lipinski definition) is 2. The molecule has 0 bridgehead atoms. The third-order valence-electron chi connectivity index (χ3n) is 2.43. The minimum absolute atomic E-state index is 0.251. The van der Waals surface area contributed by atoms with Gasteiger partial charge in [0.2, 0.25) is 0 Å². The summed E-state index contributed by atoms with van der Waals surface area (Å²) in [5.74, 6) is -2.37. The number of carboxylic acid groups (broad SMARTS) is 2. The van der Waals surface area contributed by atoms with Crippen molar-refractivity contribution in [3.63, 3.8) is 0 Å². The third kappa shape index (κ3) is 2.58. The summed E-state index contributed by atoms with van der Waals surface area (Å²) >= 11 is 0. The highest BCUT2D eigenvalue weighted by Crippen LogP contribution is 2.32. The Kier molecular flexibility index (Phi) is 4.34. The fourth-order valence-corrected chi connectivity index (χ4v) is 1.15. The second-order valence-corrected chi connectivity index (χ2v) is 3.52. The Morgan fingerprint density at radius 2 is 1.86 bits per heavy atom. The second kappa shape index (κ2) is 4.79. The number of hydrogen-bond donors (Lipinski definition) is 2. The van der Waals surface area contributed by atoms with Crippen LogP contribution in [0.4, 0.5) is 0 Å². The molecule has 0 saturated carbocycles. The van der Waals surface area contributed by atoms with Gasteiger partial charge in [-0.2, -0.15) is 0 Å². The van der Waals surface area contributed by atoms with Gasteiger partial charge in [0.25, 0.3) is 0 Å². The minimum Gasteiger partial charge on any atom is -0.481 e. The molecule has 1 atom stereocenters. The van der Waals surface area contributed by atoms with Crippen LogP contribution in [0.3, 0.4) is 0 Å². The molecule has 0 radical (unpaired) electrons. The van der Waals surface area contributed by atoms with Gasteiger partial charge in [-0.3, -0.25) is 4.79 Å². The Morgan fingerprint density at radius 3 is 2.14 bits per heavy atom. The van der Waals surface area contributed by atoms with Gasteiger partial charge in [-0.15, -0.1) is 0 Å². The number of aliphatic carboxylic acids is 2. The zero-order valence-corrected chi connectivity index (χ0v) is 8.54. The van der Waals surface area contributed by atoms with Crippen LogP contribution in [-0.2, 0) is 9.59 Å². The van der Waals surface area contributed by atoms with E-state index in [1.807, 2.05) is 6.92 Å². The first-order chi connectivity index (χ1) is 6.36. The molecule has 0 amide bonds. The SMILES string of the molecule is C=C(C(=O)O)C(C)(CCCC)C(=O)O. The Bertz CT molecular complexity index is 257. The molecule has 14 heavy (non-hydrogen) atoms. The fourth-order valence-electron chi connectivity index (χ4n) is 1.15. The van der Waals surface area contributed by atoms with Crippen LogP contribution in [0.2, 0.25) is 0 Å². The molecular weight excluding hydrogens is 184 g/mol. The lowest BCUT2D eigenvalue weighted by atomic mass is 9.78. The Morgan fingerprint density at radius 1 is 1.36 bits per heavy atom. The van der Waals surface area contributed by atoms with Crippen molar-refractivity contribution < 1.29 is 19.8 Å². The van der Waals surface area contributed by atoms with E-state index in [4.69, 9.17) is 10.2 Å². The zero-order chi connectivity index (χ0) is 11.4. The van der Waals surface area contributed by atoms with Gasteiger partial charge in [-0.05, 0) is 13.3 Å². The van der Waals surface area contributed by atoms with E-state index in [-0.39, 0.29) is 5.57 Å². The molecule has 0 aromatic heterocycles. The number of carboxylic acids is 2. The lowest BCUT2D eigenvalue weighted by molar-refractivity contribution is -0.149. The van der Waals surface area contributed by atoms with E-state index < -0.39 is 17.4 Å². The Balaban J connectivity index is 4.80. The van der Waals surface area contributed by atoms with Gasteiger partial charge in [-0.25, -0.2) is 4.79 Å². The molecule has 4 heteroatoms. The van der Waals surface area contributed by atoms with E-state index in [0.717, 1.165) is 6.42 Å². The van der Waals surface area contributed by atoms with Crippen LogP contribution in [0.25, 0.3) is 0 Å². The summed E-state index contributed by atoms with van der Waals surface area (Å²) in [6, 6.07) is 0. The highest BCUT2D eigenvalue weighted by molar-refractivity contribution is 5.95. The van der Waals surface area contributed by atoms with Crippen molar-refractivity contribution in [2.45, 2.75) is 33.1 Å². The van der Waals surface area contributed by atoms with E-state index in [1.165, 1.54) is 6.92 Å². The molecule has 0 spiro atoms. The molecular formula is C10H16O4. The van der Waals surface area contributed by atoms with E-state index in [2.05, 4.69) is 6.58 Å². The van der Waals surface area contributed by atoms with Crippen molar-refractivity contribution in [1.82, 2.24) is 0 Å². The highest BCUT2D eigenvalue weighted by atomic mass is 16.4. The van der Waals surface area contributed by atoms with Gasteiger partial charge in [0.15, 0.2) is 0 Å². The van der Waals surface area contributed by atoms with Gasteiger partial charge in [0, 0.05) is 5.57 Å². The number of carbonyl (C=O) groups is 2. The first-order valence-electron chi connectivity index (χ1n) is 4.52. The summed E-state index contributed by atoms with van der Waals surface area (Å²) in [7, 11) is 0. The van der Waals surface area contributed by atoms with E-state index in [9.17, 15) is 9.59 Å². The fraction of sp³-hybridized carbons (Fsp3) is 0.600. The third-order valence-corrected chi connectivity index (χ3v) is 2.43. The predicted octanol–water partition coefficient (Wildman–Crippen LogP) is 1.91. The lowest BCUT2D eigenvalue weighted by Gasteiger charge is -2.24. The summed E-state index contributed by atoms with van der Waals surface area (Å²) in [6.07, 6.45) is 1.81. The maximum absolute atomic E-state index is 10.9. The first kappa shape index (κ1) is 12.7. The summed E-state index contributed by atoms with van der Waals surface area (Å²) in [5.41, 5.74) is -1.60. The van der Waals surface area contributed by atoms with Crippen LogP contribution in [0.15, 0.2) is 12.2 Å². The largest absolute Gasteiger partial charge is 0.481 e. The highest BCUT2D eigenvalue weighted by Gasteiger charge is 2.38. The molecule has 0 aliphatic rings. The van der Waals surface area contributed by atoms with Crippen molar-refractivity contribution in [2.75, 3.05) is 0 Å². The molecule has 80 valence electrons. The molecule has 0 saturated heterocycles. The van der Waals surface area contributed by atoms with Crippen LogP contribution < -0.4 is 0 Å². The molecule has 0 fully saturated rings. The second-order valence-electron chi connectivity index (χ2n) is 3.52. The number of rotatable bonds is 6. The Labute approximate surface area is 83.2 Å². The molecule has 0 rings (SSSR count). The maximum atomic E-state index is 10.9. The average molecular weight is 200 g/mol. The molecule has 0 aromatic rings. The molecule has 0 heterocycles. The van der Waals surface area contributed by atoms with Crippen LogP contribution >= 0.6 is 0 Å². The Hall–Kier alpha value is -1.32. The van der Waals surface area contributed by atoms with Crippen LogP contribution in [0.5, 0.6) is 0 Å². The van der Waals surface area contributed by atoms with Crippen molar-refractivity contribution in [3.05, 3.63) is 12.2 Å². The summed E-state index contributed by atoms with van der Waals surface area (Å²) < 4.78 is 0. The quantitative estimate of drug-likeness (QED) is 0.642. The van der Waals surface area contributed by atoms with Crippen molar-refractivity contribution in [2.24, 2.45) is 5.41 Å². The average Bonchev–Trinajstić information content (AvgIpc) is 2.12. The molecule has 1 unspecified atom stereocenters. The summed E-state index contributed by atoms with van der Waals surface area (Å²) in [5, 5.41) is 17.7. The van der Waals surface area contributed by atoms with Crippen molar-refractivity contribution >= 4 is 11.9 Å². The van der Waals surface area contributed by atoms with E-state index >= 15 is 0 Å². The van der Waals surface area contributed by atoms with E-state index in [0.29, 0.717) is 12.8 Å². The normalized spacial score (nSPS) is 14.4. The molecule has 0 aliphatic heterocycles. The van der Waals surface area contributed by atoms with Crippen LogP contribution in [0.1, 0.15) is 33.1 Å². The lowest BCUT2D eigenvalue weighted by Crippen LogP contribution is -2.32. The standard InChI is InChI=1S/C10H16O4/c1-4-5-6-10(3,9(13)14)7(2)8(11)12/h2,4-6H2,1,3H3,(H,11,12)(H,13,14). The van der Waals surface area contributed by atoms with Gasteiger partial charge in [0.1, 0.15) is 0 Å². The van der Waals surface area contributed by atoms with Gasteiger partial charge in [-0.1, -0.05) is 26.3 Å². The topological polar surface area (TPSA) is 74.6 Å². The van der Waals surface area contributed by atoms with Gasteiger partial charge < -0.3 is 10.2 Å². The molecule has 4 nitrogen and oxygen atoms in total. The zero-order valence-electron chi connectivity index (χ0n) is 8.54. The van der Waals surface area contributed by atoms with Gasteiger partial charge >= 0.3 is 11.9 Å². The molecule has 0 aliphatic carbocycles. The van der Waals surface area contributed by atoms with Crippen LogP contribution in [-0.4, -0.2) is 22.2 Å². The molecule has 2 N–H and O–H groups in total. The monoisotopic (exact) mass is 200 g/mol. The summed E-state index contributed by atoms with van der Waals surface area (Å²) in [4.78, 5) is 21.6. The van der Waals surface area contributed by atoms with Crippen LogP contribution in [0, 0.1) is 5.41 Å². The van der Waals surface area contributed by atoms with Crippen molar-refractivity contribution in [3.8, 4) is 0 Å². The molecule has 0 aromatic carbocycles. The smallest absolute Gasteiger partial charge is 0.332 e. The maximum Gasteiger partial charge on any atom is 0.332 e. The minimum atomic E-state index is -1.35. The summed E-state index contributed by atoms with van der Waals surface area (Å²) in [6.45, 7) is 6.65. The number of unbranched alkanes of at least 4 members (excludes halogenated alkanes) is 1. The van der Waals surface area contributed by atoms with Gasteiger partial charge in [0.05, 0.1) is 5.41 Å².